The Balaban J connectivity index is 1.55. The molecule has 9 heteroatoms. The SMILES string of the molecule is Cc1ccc(CN(C(=O)CN(c2ccc(Br)cc2)S(=O)(=O)c2ccc(C)cc2)[C@H](Cc2ccccc2)C(=O)NC2CCCC2)cc1. The molecule has 0 radical (unpaired) electrons. The second-order valence-corrected chi connectivity index (χ2v) is 14.8. The highest BCUT2D eigenvalue weighted by molar-refractivity contribution is 9.10. The van der Waals surface area contributed by atoms with E-state index in [9.17, 15) is 18.0 Å². The lowest BCUT2D eigenvalue weighted by Crippen LogP contribution is -2.54. The molecule has 1 aliphatic carbocycles. The van der Waals surface area contributed by atoms with Gasteiger partial charge in [-0.15, -0.1) is 0 Å². The quantitative estimate of drug-likeness (QED) is 0.173. The summed E-state index contributed by atoms with van der Waals surface area (Å²) < 4.78 is 30.3. The molecule has 4 aromatic rings. The van der Waals surface area contributed by atoms with E-state index in [0.29, 0.717) is 12.1 Å². The first kappa shape index (κ1) is 33.4. The summed E-state index contributed by atoms with van der Waals surface area (Å²) in [7, 11) is -4.14. The van der Waals surface area contributed by atoms with Crippen LogP contribution in [0, 0.1) is 13.8 Å². The van der Waals surface area contributed by atoms with Crippen molar-refractivity contribution in [3.8, 4) is 0 Å². The highest BCUT2D eigenvalue weighted by Crippen LogP contribution is 2.27. The zero-order chi connectivity index (χ0) is 32.7. The van der Waals surface area contributed by atoms with E-state index in [1.807, 2.05) is 68.4 Å². The third kappa shape index (κ3) is 8.44. The largest absolute Gasteiger partial charge is 0.352 e. The van der Waals surface area contributed by atoms with Gasteiger partial charge in [0.25, 0.3) is 10.0 Å². The van der Waals surface area contributed by atoms with Gasteiger partial charge in [0.05, 0.1) is 10.6 Å². The average Bonchev–Trinajstić information content (AvgIpc) is 3.56. The van der Waals surface area contributed by atoms with Gasteiger partial charge in [-0.25, -0.2) is 8.42 Å². The molecule has 0 heterocycles. The minimum Gasteiger partial charge on any atom is -0.352 e. The maximum atomic E-state index is 14.6. The molecule has 1 saturated carbocycles. The van der Waals surface area contributed by atoms with Crippen molar-refractivity contribution in [1.82, 2.24) is 10.2 Å². The second-order valence-electron chi connectivity index (χ2n) is 12.0. The normalized spacial score (nSPS) is 14.1. The zero-order valence-electron chi connectivity index (χ0n) is 26.2. The lowest BCUT2D eigenvalue weighted by Gasteiger charge is -2.34. The Labute approximate surface area is 280 Å². The molecular weight excluding hydrogens is 662 g/mol. The number of amides is 2. The lowest BCUT2D eigenvalue weighted by molar-refractivity contribution is -0.140. The highest BCUT2D eigenvalue weighted by atomic mass is 79.9. The first-order chi connectivity index (χ1) is 22.1. The molecule has 4 aromatic carbocycles. The number of benzene rings is 4. The van der Waals surface area contributed by atoms with E-state index in [1.54, 1.807) is 53.4 Å². The number of hydrogen-bond acceptors (Lipinski definition) is 4. The molecule has 0 aliphatic heterocycles. The van der Waals surface area contributed by atoms with E-state index in [4.69, 9.17) is 0 Å². The summed E-state index contributed by atoms with van der Waals surface area (Å²) in [4.78, 5) is 30.3. The predicted molar refractivity (Wildman–Crippen MR) is 186 cm³/mol. The van der Waals surface area contributed by atoms with E-state index in [2.05, 4.69) is 21.2 Å². The van der Waals surface area contributed by atoms with Crippen LogP contribution in [0.5, 0.6) is 0 Å². The Morgan fingerprint density at radius 2 is 1.39 bits per heavy atom. The number of carbonyl (C=O) groups is 2. The molecule has 0 bridgehead atoms. The smallest absolute Gasteiger partial charge is 0.264 e. The van der Waals surface area contributed by atoms with Crippen molar-refractivity contribution in [2.45, 2.75) is 69.5 Å². The molecule has 0 spiro atoms. The lowest BCUT2D eigenvalue weighted by atomic mass is 10.0. The van der Waals surface area contributed by atoms with Gasteiger partial charge in [-0.1, -0.05) is 107 Å². The molecule has 5 rings (SSSR count). The van der Waals surface area contributed by atoms with E-state index < -0.39 is 28.5 Å². The minimum absolute atomic E-state index is 0.0586. The van der Waals surface area contributed by atoms with Crippen molar-refractivity contribution >= 4 is 43.5 Å². The fourth-order valence-corrected chi connectivity index (χ4v) is 7.46. The van der Waals surface area contributed by atoms with E-state index in [-0.39, 0.29) is 23.4 Å². The number of carbonyl (C=O) groups excluding carboxylic acids is 2. The number of nitrogens with zero attached hydrogens (tertiary/aromatic N) is 2. The number of hydrogen-bond donors (Lipinski definition) is 1. The summed E-state index contributed by atoms with van der Waals surface area (Å²) in [5.74, 6) is -0.700. The number of nitrogens with one attached hydrogen (secondary N) is 1. The van der Waals surface area contributed by atoms with E-state index in [0.717, 1.165) is 56.7 Å². The van der Waals surface area contributed by atoms with E-state index in [1.165, 1.54) is 0 Å². The standard InChI is InChI=1S/C37H40BrN3O4S/c1-27-12-16-30(17-13-27)25-40(35(24-29-8-4-3-5-9-29)37(43)39-32-10-6-7-11-32)36(42)26-41(33-20-18-31(38)19-21-33)46(44,45)34-22-14-28(2)15-23-34/h3-5,8-9,12-23,32,35H,6-7,10-11,24-26H2,1-2H3,(H,39,43)/t35-/m1/s1. The molecule has 1 N–H and O–H groups in total. The van der Waals surface area contributed by atoms with Gasteiger partial charge in [-0.3, -0.25) is 13.9 Å². The van der Waals surface area contributed by atoms with Crippen molar-refractivity contribution in [2.75, 3.05) is 10.8 Å². The Bertz CT molecular complexity index is 1720. The third-order valence-corrected chi connectivity index (χ3v) is 10.8. The van der Waals surface area contributed by atoms with Crippen molar-refractivity contribution in [2.24, 2.45) is 0 Å². The van der Waals surface area contributed by atoms with Crippen LogP contribution in [-0.2, 0) is 32.6 Å². The molecule has 240 valence electrons. The molecule has 46 heavy (non-hydrogen) atoms. The summed E-state index contributed by atoms with van der Waals surface area (Å²) in [6, 6.07) is 30.1. The van der Waals surface area contributed by atoms with Crippen LogP contribution in [0.4, 0.5) is 5.69 Å². The summed E-state index contributed by atoms with van der Waals surface area (Å²) in [5.41, 5.74) is 4.11. The van der Waals surface area contributed by atoms with Gasteiger partial charge in [0, 0.05) is 23.5 Å². The number of sulfonamides is 1. The van der Waals surface area contributed by atoms with Gasteiger partial charge < -0.3 is 10.2 Å². The first-order valence-corrected chi connectivity index (χ1v) is 17.9. The summed E-state index contributed by atoms with van der Waals surface area (Å²) in [6.45, 7) is 3.55. The molecule has 0 aromatic heterocycles. The van der Waals surface area contributed by atoms with Gasteiger partial charge in [-0.05, 0) is 74.2 Å². The Morgan fingerprint density at radius 3 is 2.00 bits per heavy atom. The Kier molecular flexibility index (Phi) is 11.0. The van der Waals surface area contributed by atoms with Crippen molar-refractivity contribution in [1.29, 1.82) is 0 Å². The molecule has 0 saturated heterocycles. The molecule has 2 amide bonds. The van der Waals surface area contributed by atoms with Gasteiger partial charge >= 0.3 is 0 Å². The van der Waals surface area contributed by atoms with Crippen LogP contribution in [-0.4, -0.2) is 43.8 Å². The Hall–Kier alpha value is -3.95. The highest BCUT2D eigenvalue weighted by Gasteiger charge is 2.35. The van der Waals surface area contributed by atoms with Crippen LogP contribution in [0.2, 0.25) is 0 Å². The van der Waals surface area contributed by atoms with Crippen LogP contribution in [0.25, 0.3) is 0 Å². The minimum atomic E-state index is -4.14. The summed E-state index contributed by atoms with van der Waals surface area (Å²) >= 11 is 3.43. The summed E-state index contributed by atoms with van der Waals surface area (Å²) in [6.07, 6.45) is 4.21. The molecule has 1 fully saturated rings. The van der Waals surface area contributed by atoms with E-state index >= 15 is 0 Å². The monoisotopic (exact) mass is 701 g/mol. The molecule has 0 unspecified atom stereocenters. The van der Waals surface area contributed by atoms with Gasteiger partial charge in [0.15, 0.2) is 0 Å². The zero-order valence-corrected chi connectivity index (χ0v) is 28.6. The van der Waals surface area contributed by atoms with Crippen molar-refractivity contribution in [3.63, 3.8) is 0 Å². The fourth-order valence-electron chi connectivity index (χ4n) is 5.79. The predicted octanol–water partition coefficient (Wildman–Crippen LogP) is 6.96. The van der Waals surface area contributed by atoms with Crippen LogP contribution >= 0.6 is 15.9 Å². The van der Waals surface area contributed by atoms with Crippen LogP contribution in [0.15, 0.2) is 112 Å². The van der Waals surface area contributed by atoms with Crippen molar-refractivity contribution in [3.05, 3.63) is 130 Å². The van der Waals surface area contributed by atoms with Gasteiger partial charge in [0.1, 0.15) is 12.6 Å². The number of halogens is 1. The maximum Gasteiger partial charge on any atom is 0.264 e. The maximum absolute atomic E-state index is 14.6. The summed E-state index contributed by atoms with van der Waals surface area (Å²) in [5, 5.41) is 3.21. The first-order valence-electron chi connectivity index (χ1n) is 15.6. The number of aryl methyl sites for hydroxylation is 2. The number of rotatable bonds is 12. The average molecular weight is 703 g/mol. The van der Waals surface area contributed by atoms with Crippen LogP contribution in [0.3, 0.4) is 0 Å². The third-order valence-electron chi connectivity index (χ3n) is 8.45. The fraction of sp³-hybridized carbons (Fsp3) is 0.297. The van der Waals surface area contributed by atoms with Crippen LogP contribution < -0.4 is 9.62 Å². The Morgan fingerprint density at radius 1 is 0.804 bits per heavy atom. The molecule has 7 nitrogen and oxygen atoms in total. The number of anilines is 1. The molecule has 1 aliphatic rings. The van der Waals surface area contributed by atoms with Gasteiger partial charge in [-0.2, -0.15) is 0 Å². The molecular formula is C37H40BrN3O4S. The van der Waals surface area contributed by atoms with Gasteiger partial charge in [0.2, 0.25) is 11.8 Å². The topological polar surface area (TPSA) is 86.8 Å². The second kappa shape index (κ2) is 15.1. The van der Waals surface area contributed by atoms with Crippen molar-refractivity contribution < 1.29 is 18.0 Å². The molecule has 1 atom stereocenters. The van der Waals surface area contributed by atoms with Crippen LogP contribution in [0.1, 0.15) is 47.9 Å².